The number of anilines is 3. The van der Waals surface area contributed by atoms with E-state index in [4.69, 9.17) is 5.73 Å². The predicted molar refractivity (Wildman–Crippen MR) is 117 cm³/mol. The number of carbonyl (C=O) groups is 2. The number of alkyl halides is 3. The Labute approximate surface area is 186 Å². The third-order valence-corrected chi connectivity index (χ3v) is 4.32. The van der Waals surface area contributed by atoms with Gasteiger partial charge in [-0.15, -0.1) is 0 Å². The van der Waals surface area contributed by atoms with Crippen molar-refractivity contribution < 1.29 is 22.8 Å². The molecule has 0 fully saturated rings. The molecular weight excluding hydrogens is 437 g/mol. The maximum absolute atomic E-state index is 12.7. The number of aromatic nitrogens is 3. The van der Waals surface area contributed by atoms with Crippen LogP contribution in [0, 0.1) is 6.92 Å². The lowest BCUT2D eigenvalue weighted by molar-refractivity contribution is -0.137. The van der Waals surface area contributed by atoms with E-state index in [2.05, 4.69) is 25.6 Å². The fourth-order valence-electron chi connectivity index (χ4n) is 2.64. The molecule has 0 saturated carbocycles. The Bertz CT molecular complexity index is 1180. The molecule has 0 radical (unpaired) electrons. The fourth-order valence-corrected chi connectivity index (χ4v) is 2.64. The first kappa shape index (κ1) is 23.4. The molecule has 4 N–H and O–H groups in total. The van der Waals surface area contributed by atoms with Crippen molar-refractivity contribution in [3.63, 3.8) is 0 Å². The Morgan fingerprint density at radius 3 is 2.36 bits per heavy atom. The second kappa shape index (κ2) is 9.90. The number of pyridine rings is 1. The summed E-state index contributed by atoms with van der Waals surface area (Å²) in [7, 11) is 0. The van der Waals surface area contributed by atoms with Crippen molar-refractivity contribution >= 4 is 35.0 Å². The number of nitrogens with zero attached hydrogens (tertiary/aromatic N) is 3. The number of nitrogens with one attached hydrogen (secondary N) is 2. The van der Waals surface area contributed by atoms with Gasteiger partial charge in [0, 0.05) is 24.4 Å². The number of carbonyl (C=O) groups excluding carboxylic acids is 2. The molecule has 8 nitrogen and oxygen atoms in total. The SMILES string of the molecule is Cc1ncc(/C=C/CC(=O)Nc2ccc(C(=O)Nc3ccc(C(F)(F)F)cc3N)nc2)cn1. The smallest absolute Gasteiger partial charge is 0.397 e. The third-order valence-electron chi connectivity index (χ3n) is 4.32. The molecule has 33 heavy (non-hydrogen) atoms. The van der Waals surface area contributed by atoms with Crippen molar-refractivity contribution in [2.24, 2.45) is 0 Å². The van der Waals surface area contributed by atoms with E-state index in [1.807, 2.05) is 0 Å². The Morgan fingerprint density at radius 2 is 1.76 bits per heavy atom. The Morgan fingerprint density at radius 1 is 1.03 bits per heavy atom. The summed E-state index contributed by atoms with van der Waals surface area (Å²) in [6, 6.07) is 5.47. The molecule has 2 amide bonds. The first-order valence-corrected chi connectivity index (χ1v) is 9.61. The number of halogens is 3. The van der Waals surface area contributed by atoms with Crippen molar-refractivity contribution in [2.75, 3.05) is 16.4 Å². The van der Waals surface area contributed by atoms with E-state index in [9.17, 15) is 22.8 Å². The van der Waals surface area contributed by atoms with Crippen LogP contribution in [0.4, 0.5) is 30.2 Å². The van der Waals surface area contributed by atoms with Gasteiger partial charge in [0.15, 0.2) is 0 Å². The van der Waals surface area contributed by atoms with Gasteiger partial charge in [-0.2, -0.15) is 13.2 Å². The van der Waals surface area contributed by atoms with Crippen LogP contribution >= 0.6 is 0 Å². The lowest BCUT2D eigenvalue weighted by atomic mass is 10.1. The zero-order chi connectivity index (χ0) is 24.0. The molecule has 2 heterocycles. The lowest BCUT2D eigenvalue weighted by Gasteiger charge is -2.12. The molecule has 2 aromatic heterocycles. The molecular formula is C22H19F3N6O2. The minimum absolute atomic E-state index is 0.00781. The molecule has 1 aromatic carbocycles. The number of nitrogens with two attached hydrogens (primary N) is 1. The molecule has 3 aromatic rings. The summed E-state index contributed by atoms with van der Waals surface area (Å²) in [4.78, 5) is 36.5. The highest BCUT2D eigenvalue weighted by Gasteiger charge is 2.30. The summed E-state index contributed by atoms with van der Waals surface area (Å²) in [5.41, 5.74) is 5.62. The molecule has 170 valence electrons. The number of hydrogen-bond acceptors (Lipinski definition) is 6. The van der Waals surface area contributed by atoms with E-state index in [1.54, 1.807) is 31.5 Å². The molecule has 3 rings (SSSR count). The highest BCUT2D eigenvalue weighted by atomic mass is 19.4. The van der Waals surface area contributed by atoms with Gasteiger partial charge in [-0.3, -0.25) is 9.59 Å². The molecule has 0 unspecified atom stereocenters. The van der Waals surface area contributed by atoms with Crippen LogP contribution in [0.5, 0.6) is 0 Å². The maximum Gasteiger partial charge on any atom is 0.416 e. The number of benzene rings is 1. The number of aryl methyl sites for hydroxylation is 1. The van der Waals surface area contributed by atoms with E-state index >= 15 is 0 Å². The molecule has 11 heteroatoms. The average Bonchev–Trinajstić information content (AvgIpc) is 2.76. The van der Waals surface area contributed by atoms with Crippen LogP contribution in [0.2, 0.25) is 0 Å². The van der Waals surface area contributed by atoms with Gasteiger partial charge >= 0.3 is 6.18 Å². The van der Waals surface area contributed by atoms with Gasteiger partial charge in [-0.1, -0.05) is 12.2 Å². The fraction of sp³-hybridized carbons (Fsp3) is 0.136. The van der Waals surface area contributed by atoms with Crippen LogP contribution in [0.3, 0.4) is 0 Å². The van der Waals surface area contributed by atoms with Crippen LogP contribution in [0.25, 0.3) is 6.08 Å². The second-order valence-corrected chi connectivity index (χ2v) is 6.90. The van der Waals surface area contributed by atoms with Crippen molar-refractivity contribution in [2.45, 2.75) is 19.5 Å². The number of nitrogen functional groups attached to an aromatic ring is 1. The topological polar surface area (TPSA) is 123 Å². The van der Waals surface area contributed by atoms with Gasteiger partial charge in [0.05, 0.1) is 28.8 Å². The number of hydrogen-bond donors (Lipinski definition) is 3. The second-order valence-electron chi connectivity index (χ2n) is 6.90. The minimum Gasteiger partial charge on any atom is -0.397 e. The number of amides is 2. The first-order chi connectivity index (χ1) is 15.6. The van der Waals surface area contributed by atoms with Gasteiger partial charge in [0.1, 0.15) is 11.5 Å². The van der Waals surface area contributed by atoms with Crippen LogP contribution in [0.15, 0.2) is 55.0 Å². The highest BCUT2D eigenvalue weighted by Crippen LogP contribution is 2.32. The van der Waals surface area contributed by atoms with Gasteiger partial charge in [-0.05, 0) is 37.3 Å². The molecule has 0 saturated heterocycles. The monoisotopic (exact) mass is 456 g/mol. The molecule has 0 aliphatic carbocycles. The Hall–Kier alpha value is -4.28. The summed E-state index contributed by atoms with van der Waals surface area (Å²) < 4.78 is 38.2. The Balaban J connectivity index is 1.55. The van der Waals surface area contributed by atoms with Crippen molar-refractivity contribution in [1.82, 2.24) is 15.0 Å². The molecule has 0 bridgehead atoms. The highest BCUT2D eigenvalue weighted by molar-refractivity contribution is 6.04. The van der Waals surface area contributed by atoms with E-state index in [0.29, 0.717) is 11.5 Å². The van der Waals surface area contributed by atoms with Crippen molar-refractivity contribution in [3.8, 4) is 0 Å². The van der Waals surface area contributed by atoms with Crippen LogP contribution < -0.4 is 16.4 Å². The van der Waals surface area contributed by atoms with Gasteiger partial charge in [0.2, 0.25) is 5.91 Å². The quantitative estimate of drug-likeness (QED) is 0.481. The lowest BCUT2D eigenvalue weighted by Crippen LogP contribution is -2.16. The Kier molecular flexibility index (Phi) is 7.01. The standard InChI is InChI=1S/C22H19F3N6O2/c1-13-27-10-14(11-28-13)3-2-4-20(32)30-16-6-8-19(29-12-16)21(33)31-18-7-5-15(9-17(18)26)22(23,24)25/h2-3,5-12H,4,26H2,1H3,(H,30,32)(H,31,33)/b3-2+. The van der Waals surface area contributed by atoms with Crippen molar-refractivity contribution in [3.05, 3.63) is 77.6 Å². The van der Waals surface area contributed by atoms with Crippen LogP contribution in [0.1, 0.15) is 33.9 Å². The molecule has 0 aliphatic rings. The number of rotatable bonds is 6. The van der Waals surface area contributed by atoms with Gasteiger partial charge < -0.3 is 16.4 Å². The summed E-state index contributed by atoms with van der Waals surface area (Å²) in [5.74, 6) is -0.309. The minimum atomic E-state index is -4.54. The third kappa shape index (κ3) is 6.60. The van der Waals surface area contributed by atoms with E-state index in [0.717, 1.165) is 23.8 Å². The van der Waals surface area contributed by atoms with Crippen LogP contribution in [-0.4, -0.2) is 26.8 Å². The van der Waals surface area contributed by atoms with Crippen molar-refractivity contribution in [1.29, 1.82) is 0 Å². The van der Waals surface area contributed by atoms with Crippen LogP contribution in [-0.2, 0) is 11.0 Å². The normalized spacial score (nSPS) is 11.4. The predicted octanol–water partition coefficient (Wildman–Crippen LogP) is 4.08. The molecule has 0 spiro atoms. The summed E-state index contributed by atoms with van der Waals surface area (Å²) in [5, 5.41) is 5.05. The maximum atomic E-state index is 12.7. The average molecular weight is 456 g/mol. The van der Waals surface area contributed by atoms with Gasteiger partial charge in [0.25, 0.3) is 5.91 Å². The summed E-state index contributed by atoms with van der Waals surface area (Å²) >= 11 is 0. The first-order valence-electron chi connectivity index (χ1n) is 9.61. The van der Waals surface area contributed by atoms with Gasteiger partial charge in [-0.25, -0.2) is 15.0 Å². The largest absolute Gasteiger partial charge is 0.416 e. The molecule has 0 atom stereocenters. The summed E-state index contributed by atoms with van der Waals surface area (Å²) in [6.07, 6.45) is 3.52. The van der Waals surface area contributed by atoms with E-state index < -0.39 is 17.6 Å². The van der Waals surface area contributed by atoms with E-state index in [-0.39, 0.29) is 29.4 Å². The summed E-state index contributed by atoms with van der Waals surface area (Å²) in [6.45, 7) is 1.77. The molecule has 0 aliphatic heterocycles. The van der Waals surface area contributed by atoms with E-state index in [1.165, 1.54) is 18.3 Å². The zero-order valence-corrected chi connectivity index (χ0v) is 17.3. The zero-order valence-electron chi connectivity index (χ0n) is 17.3.